The largest absolute Gasteiger partial charge is 0.435 e. The lowest BCUT2D eigenvalue weighted by Gasteiger charge is -2.22. The second-order valence-electron chi connectivity index (χ2n) is 6.54. The number of pyridine rings is 1. The number of halogens is 2. The third-order valence-corrected chi connectivity index (χ3v) is 4.40. The van der Waals surface area contributed by atoms with Crippen LogP contribution in [-0.4, -0.2) is 33.4 Å². The normalized spacial score (nSPS) is 11.8. The predicted molar refractivity (Wildman–Crippen MR) is 95.0 cm³/mol. The fourth-order valence-corrected chi connectivity index (χ4v) is 2.67. The van der Waals surface area contributed by atoms with Crippen molar-refractivity contribution in [3.05, 3.63) is 42.1 Å². The van der Waals surface area contributed by atoms with Gasteiger partial charge in [0.15, 0.2) is 12.1 Å². The summed E-state index contributed by atoms with van der Waals surface area (Å²) in [5.41, 5.74) is 1.19. The average Bonchev–Trinajstić information content (AvgIpc) is 3.00. The van der Waals surface area contributed by atoms with Gasteiger partial charge in [0.1, 0.15) is 22.5 Å². The minimum absolute atomic E-state index is 0.0134. The van der Waals surface area contributed by atoms with Gasteiger partial charge in [0.25, 0.3) is 0 Å². The number of fused-ring (bicyclic) bond motifs is 1. The summed E-state index contributed by atoms with van der Waals surface area (Å²) in [6.45, 7) is 1.91. The summed E-state index contributed by atoms with van der Waals surface area (Å²) in [5.74, 6) is -0.148. The first-order chi connectivity index (χ1) is 12.7. The van der Waals surface area contributed by atoms with Gasteiger partial charge in [-0.1, -0.05) is 12.1 Å². The summed E-state index contributed by atoms with van der Waals surface area (Å²) in [6.07, 6.45) is 2.05. The highest BCUT2D eigenvalue weighted by atomic mass is 19.3. The van der Waals surface area contributed by atoms with E-state index in [1.807, 2.05) is 0 Å². The van der Waals surface area contributed by atoms with Crippen LogP contribution in [0.15, 0.2) is 36.5 Å². The van der Waals surface area contributed by atoms with E-state index in [0.717, 1.165) is 0 Å². The van der Waals surface area contributed by atoms with Crippen LogP contribution in [0.25, 0.3) is 22.3 Å². The van der Waals surface area contributed by atoms with Crippen molar-refractivity contribution in [3.8, 4) is 17.0 Å². The molecule has 0 spiro atoms. The number of benzene rings is 1. The Kier molecular flexibility index (Phi) is 4.73. The summed E-state index contributed by atoms with van der Waals surface area (Å²) < 4.78 is 31.0. The van der Waals surface area contributed by atoms with Gasteiger partial charge >= 0.3 is 6.61 Å². The summed E-state index contributed by atoms with van der Waals surface area (Å²) in [4.78, 5) is 27.6. The van der Waals surface area contributed by atoms with Crippen molar-refractivity contribution in [3.63, 3.8) is 0 Å². The van der Waals surface area contributed by atoms with Crippen LogP contribution in [0.3, 0.4) is 0 Å². The van der Waals surface area contributed by atoms with Gasteiger partial charge in [-0.15, -0.1) is 0 Å². The number of rotatable bonds is 6. The van der Waals surface area contributed by atoms with Crippen molar-refractivity contribution in [2.45, 2.75) is 32.9 Å². The first kappa shape index (κ1) is 18.6. The minimum atomic E-state index is -2.94. The minimum Gasteiger partial charge on any atom is -0.435 e. The van der Waals surface area contributed by atoms with Crippen LogP contribution in [-0.2, 0) is 10.3 Å². The van der Waals surface area contributed by atoms with Gasteiger partial charge in [0, 0.05) is 17.3 Å². The van der Waals surface area contributed by atoms with Gasteiger partial charge in [-0.25, -0.2) is 4.68 Å². The molecule has 0 aliphatic carbocycles. The maximum atomic E-state index is 12.5. The Morgan fingerprint density at radius 2 is 2.04 bits per heavy atom. The molecule has 27 heavy (non-hydrogen) atoms. The zero-order chi connectivity index (χ0) is 19.8. The highest BCUT2D eigenvalue weighted by Gasteiger charge is 2.30. The lowest BCUT2D eigenvalue weighted by atomic mass is 10.0. The van der Waals surface area contributed by atoms with Gasteiger partial charge in [-0.2, -0.15) is 13.9 Å². The number of ketones is 1. The maximum absolute atomic E-state index is 12.5. The quantitative estimate of drug-likeness (QED) is 0.614. The molecule has 0 N–H and O–H groups in total. The van der Waals surface area contributed by atoms with Crippen molar-refractivity contribution in [2.75, 3.05) is 0 Å². The Morgan fingerprint density at radius 3 is 2.67 bits per heavy atom. The molecule has 0 saturated heterocycles. The number of hydrogen-bond acceptors (Lipinski definition) is 5. The Balaban J connectivity index is 2.26. The van der Waals surface area contributed by atoms with E-state index < -0.39 is 12.2 Å². The molecule has 2 aromatic heterocycles. The molecule has 0 unspecified atom stereocenters. The highest BCUT2D eigenvalue weighted by molar-refractivity contribution is 5.95. The molecule has 0 radical (unpaired) electrons. The first-order valence-electron chi connectivity index (χ1n) is 8.14. The second-order valence-corrected chi connectivity index (χ2v) is 6.54. The van der Waals surface area contributed by atoms with E-state index in [1.54, 1.807) is 32.0 Å². The van der Waals surface area contributed by atoms with Crippen molar-refractivity contribution in [1.29, 1.82) is 0 Å². The number of Topliss-reactive ketones (excluding diaryl/α,β-unsaturated/α-hetero) is 1. The van der Waals surface area contributed by atoms with Crippen LogP contribution < -0.4 is 4.74 Å². The number of nitrogens with zero attached hydrogens (tertiary/aromatic N) is 3. The number of aldehydes is 1. The van der Waals surface area contributed by atoms with E-state index in [-0.39, 0.29) is 11.5 Å². The molecular formula is C19H17F2N3O3. The van der Waals surface area contributed by atoms with Crippen molar-refractivity contribution < 1.29 is 23.1 Å². The number of aromatic nitrogens is 3. The topological polar surface area (TPSA) is 74.1 Å². The fraction of sp³-hybridized carbons (Fsp3) is 0.263. The van der Waals surface area contributed by atoms with Crippen molar-refractivity contribution in [1.82, 2.24) is 14.8 Å². The van der Waals surface area contributed by atoms with Gasteiger partial charge in [0.05, 0.1) is 5.52 Å². The standard InChI is InChI=1S/C19H17F2N3O3/c1-11(26)19(2,3)24-15-7-12(10-25)9-22-17(15)16(23-24)13-5-4-6-14(8-13)27-18(20)21/h4-10,18H,1-3H3. The molecule has 6 nitrogen and oxygen atoms in total. The van der Waals surface area contributed by atoms with Crippen LogP contribution in [0.5, 0.6) is 5.75 Å². The molecular weight excluding hydrogens is 356 g/mol. The number of carbonyl (C=O) groups excluding carboxylic acids is 2. The van der Waals surface area contributed by atoms with Crippen LogP contribution in [0.1, 0.15) is 31.1 Å². The summed E-state index contributed by atoms with van der Waals surface area (Å²) in [7, 11) is 0. The lowest BCUT2D eigenvalue weighted by molar-refractivity contribution is -0.124. The van der Waals surface area contributed by atoms with E-state index in [4.69, 9.17) is 0 Å². The SMILES string of the molecule is CC(=O)C(C)(C)n1nc(-c2cccc(OC(F)F)c2)c2ncc(C=O)cc21. The van der Waals surface area contributed by atoms with Crippen LogP contribution in [0, 0.1) is 0 Å². The average molecular weight is 373 g/mol. The smallest absolute Gasteiger partial charge is 0.387 e. The molecule has 1 aromatic carbocycles. The molecule has 0 fully saturated rings. The summed E-state index contributed by atoms with van der Waals surface area (Å²) >= 11 is 0. The van der Waals surface area contributed by atoms with Crippen LogP contribution >= 0.6 is 0 Å². The van der Waals surface area contributed by atoms with Crippen molar-refractivity contribution >= 4 is 23.1 Å². The van der Waals surface area contributed by atoms with E-state index in [9.17, 15) is 18.4 Å². The molecule has 3 rings (SSSR count). The monoisotopic (exact) mass is 373 g/mol. The predicted octanol–water partition coefficient (Wildman–Crippen LogP) is 3.84. The molecule has 0 amide bonds. The molecule has 2 heterocycles. The molecule has 0 aliphatic heterocycles. The van der Waals surface area contributed by atoms with Gasteiger partial charge in [0.2, 0.25) is 0 Å². The molecule has 0 bridgehead atoms. The molecule has 8 heteroatoms. The van der Waals surface area contributed by atoms with E-state index in [1.165, 1.54) is 29.9 Å². The molecule has 3 aromatic rings. The third-order valence-electron chi connectivity index (χ3n) is 4.40. The van der Waals surface area contributed by atoms with Crippen LogP contribution in [0.2, 0.25) is 0 Å². The number of carbonyl (C=O) groups is 2. The second kappa shape index (κ2) is 6.86. The summed E-state index contributed by atoms with van der Waals surface area (Å²) in [6, 6.07) is 7.67. The van der Waals surface area contributed by atoms with E-state index in [0.29, 0.717) is 34.1 Å². The van der Waals surface area contributed by atoms with E-state index >= 15 is 0 Å². The van der Waals surface area contributed by atoms with Crippen molar-refractivity contribution in [2.24, 2.45) is 0 Å². The number of ether oxygens (including phenoxy) is 1. The maximum Gasteiger partial charge on any atom is 0.387 e. The molecule has 140 valence electrons. The zero-order valence-corrected chi connectivity index (χ0v) is 14.9. The Morgan fingerprint density at radius 1 is 1.30 bits per heavy atom. The Bertz CT molecular complexity index is 1030. The molecule has 0 atom stereocenters. The fourth-order valence-electron chi connectivity index (χ4n) is 2.67. The summed E-state index contributed by atoms with van der Waals surface area (Å²) in [5, 5.41) is 4.52. The molecule has 0 saturated carbocycles. The van der Waals surface area contributed by atoms with E-state index in [2.05, 4.69) is 14.8 Å². The number of alkyl halides is 2. The highest BCUT2D eigenvalue weighted by Crippen LogP contribution is 2.32. The lowest BCUT2D eigenvalue weighted by Crippen LogP contribution is -2.34. The molecule has 0 aliphatic rings. The zero-order valence-electron chi connectivity index (χ0n) is 14.9. The van der Waals surface area contributed by atoms with Gasteiger partial charge in [-0.05, 0) is 39.0 Å². The third kappa shape index (κ3) is 3.42. The Hall–Kier alpha value is -3.16. The van der Waals surface area contributed by atoms with Crippen LogP contribution in [0.4, 0.5) is 8.78 Å². The number of hydrogen-bond donors (Lipinski definition) is 0. The first-order valence-corrected chi connectivity index (χ1v) is 8.14. The Labute approximate surface area is 153 Å². The van der Waals surface area contributed by atoms with Gasteiger partial charge in [-0.3, -0.25) is 14.6 Å². The van der Waals surface area contributed by atoms with Gasteiger partial charge < -0.3 is 4.74 Å².